The zero-order chi connectivity index (χ0) is 17.8. The molecular formula is C19H20ClN5. The minimum atomic E-state index is 0.406. The van der Waals surface area contributed by atoms with Crippen molar-refractivity contribution in [2.75, 3.05) is 10.6 Å². The summed E-state index contributed by atoms with van der Waals surface area (Å²) in [6, 6.07) is 13.6. The molecule has 0 bridgehead atoms. The quantitative estimate of drug-likeness (QED) is 0.639. The molecule has 0 saturated carbocycles. The average Bonchev–Trinajstić information content (AvgIpc) is 2.59. The van der Waals surface area contributed by atoms with Gasteiger partial charge in [-0.2, -0.15) is 10.1 Å². The first-order valence-corrected chi connectivity index (χ1v) is 8.49. The number of hydrogen-bond donors (Lipinski definition) is 2. The van der Waals surface area contributed by atoms with E-state index < -0.39 is 0 Å². The molecule has 0 aliphatic rings. The molecule has 1 heterocycles. The van der Waals surface area contributed by atoms with E-state index in [4.69, 9.17) is 11.6 Å². The Hall–Kier alpha value is -2.66. The smallest absolute Gasteiger partial charge is 0.249 e. The summed E-state index contributed by atoms with van der Waals surface area (Å²) >= 11 is 5.90. The molecule has 0 saturated heterocycles. The predicted molar refractivity (Wildman–Crippen MR) is 103 cm³/mol. The van der Waals surface area contributed by atoms with E-state index in [1.54, 1.807) is 6.20 Å². The number of nitrogens with one attached hydrogen (secondary N) is 2. The van der Waals surface area contributed by atoms with Crippen molar-refractivity contribution in [3.05, 3.63) is 64.8 Å². The molecular weight excluding hydrogens is 334 g/mol. The van der Waals surface area contributed by atoms with Crippen LogP contribution in [0.2, 0.25) is 5.02 Å². The van der Waals surface area contributed by atoms with Gasteiger partial charge in [0.15, 0.2) is 5.82 Å². The topological polar surface area (TPSA) is 62.7 Å². The molecule has 0 aliphatic heterocycles. The maximum absolute atomic E-state index is 5.90. The highest BCUT2D eigenvalue weighted by Crippen LogP contribution is 2.29. The molecule has 3 rings (SSSR count). The number of halogens is 1. The average molecular weight is 354 g/mol. The number of aromatic nitrogens is 3. The van der Waals surface area contributed by atoms with Crippen molar-refractivity contribution in [2.45, 2.75) is 26.7 Å². The number of anilines is 4. The fraction of sp³-hybridized carbons (Fsp3) is 0.211. The van der Waals surface area contributed by atoms with Gasteiger partial charge in [0, 0.05) is 16.4 Å². The SMILES string of the molecule is Cc1cccc(C(C)C)c1Nc1cnnc(Nc2ccc(Cl)cc2)n1. The van der Waals surface area contributed by atoms with Crippen molar-refractivity contribution >= 4 is 34.7 Å². The summed E-state index contributed by atoms with van der Waals surface area (Å²) in [5.74, 6) is 1.47. The van der Waals surface area contributed by atoms with E-state index in [0.29, 0.717) is 22.7 Å². The number of nitrogens with zero attached hydrogens (tertiary/aromatic N) is 3. The van der Waals surface area contributed by atoms with Crippen molar-refractivity contribution in [3.8, 4) is 0 Å². The predicted octanol–water partition coefficient (Wildman–Crippen LogP) is 5.44. The number of rotatable bonds is 5. The summed E-state index contributed by atoms with van der Waals surface area (Å²) in [6.45, 7) is 6.42. The minimum Gasteiger partial charge on any atom is -0.338 e. The van der Waals surface area contributed by atoms with Gasteiger partial charge in [-0.25, -0.2) is 0 Å². The molecule has 0 fully saturated rings. The highest BCUT2D eigenvalue weighted by atomic mass is 35.5. The number of hydrogen-bond acceptors (Lipinski definition) is 5. The van der Waals surface area contributed by atoms with Crippen molar-refractivity contribution in [3.63, 3.8) is 0 Å². The first kappa shape index (κ1) is 17.2. The van der Waals surface area contributed by atoms with Gasteiger partial charge < -0.3 is 10.6 Å². The number of aryl methyl sites for hydroxylation is 1. The molecule has 0 amide bonds. The summed E-state index contributed by atoms with van der Waals surface area (Å²) < 4.78 is 0. The molecule has 0 aliphatic carbocycles. The highest BCUT2D eigenvalue weighted by molar-refractivity contribution is 6.30. The Kier molecular flexibility index (Phi) is 5.14. The molecule has 2 aromatic carbocycles. The minimum absolute atomic E-state index is 0.406. The molecule has 0 unspecified atom stereocenters. The summed E-state index contributed by atoms with van der Waals surface area (Å²) in [6.07, 6.45) is 1.61. The van der Waals surface area contributed by atoms with Gasteiger partial charge in [0.25, 0.3) is 0 Å². The van der Waals surface area contributed by atoms with Gasteiger partial charge in [-0.3, -0.25) is 0 Å². The van der Waals surface area contributed by atoms with E-state index >= 15 is 0 Å². The van der Waals surface area contributed by atoms with Gasteiger partial charge in [0.1, 0.15) is 0 Å². The Balaban J connectivity index is 1.84. The largest absolute Gasteiger partial charge is 0.338 e. The molecule has 6 heteroatoms. The van der Waals surface area contributed by atoms with Gasteiger partial charge in [-0.05, 0) is 48.2 Å². The molecule has 0 spiro atoms. The van der Waals surface area contributed by atoms with Crippen LogP contribution in [0.25, 0.3) is 0 Å². The van der Waals surface area contributed by atoms with E-state index in [0.717, 1.165) is 16.9 Å². The van der Waals surface area contributed by atoms with Gasteiger partial charge >= 0.3 is 0 Å². The fourth-order valence-electron chi connectivity index (χ4n) is 2.55. The van der Waals surface area contributed by atoms with Crippen LogP contribution in [-0.2, 0) is 0 Å². The zero-order valence-electron chi connectivity index (χ0n) is 14.4. The third-order valence-corrected chi connectivity index (χ3v) is 4.09. The lowest BCUT2D eigenvalue weighted by Gasteiger charge is -2.16. The molecule has 0 atom stereocenters. The molecule has 25 heavy (non-hydrogen) atoms. The zero-order valence-corrected chi connectivity index (χ0v) is 15.2. The Morgan fingerprint density at radius 1 is 1.00 bits per heavy atom. The third-order valence-electron chi connectivity index (χ3n) is 3.84. The maximum Gasteiger partial charge on any atom is 0.249 e. The second-order valence-electron chi connectivity index (χ2n) is 6.12. The van der Waals surface area contributed by atoms with Crippen molar-refractivity contribution < 1.29 is 0 Å². The van der Waals surface area contributed by atoms with E-state index in [9.17, 15) is 0 Å². The van der Waals surface area contributed by atoms with Crippen molar-refractivity contribution in [2.24, 2.45) is 0 Å². The number of para-hydroxylation sites is 1. The second-order valence-corrected chi connectivity index (χ2v) is 6.55. The molecule has 2 N–H and O–H groups in total. The molecule has 3 aromatic rings. The monoisotopic (exact) mass is 353 g/mol. The van der Waals surface area contributed by atoms with Gasteiger partial charge in [-0.1, -0.05) is 43.6 Å². The molecule has 1 aromatic heterocycles. The van der Waals surface area contributed by atoms with E-state index in [2.05, 4.69) is 64.8 Å². The lowest BCUT2D eigenvalue weighted by Crippen LogP contribution is -2.05. The Morgan fingerprint density at radius 3 is 2.48 bits per heavy atom. The van der Waals surface area contributed by atoms with Crippen molar-refractivity contribution in [1.82, 2.24) is 15.2 Å². The summed E-state index contributed by atoms with van der Waals surface area (Å²) in [5.41, 5.74) is 4.32. The molecule has 5 nitrogen and oxygen atoms in total. The summed E-state index contributed by atoms with van der Waals surface area (Å²) in [7, 11) is 0. The van der Waals surface area contributed by atoms with Crippen LogP contribution in [-0.4, -0.2) is 15.2 Å². The Morgan fingerprint density at radius 2 is 1.76 bits per heavy atom. The van der Waals surface area contributed by atoms with Gasteiger partial charge in [-0.15, -0.1) is 5.10 Å². The van der Waals surface area contributed by atoms with Crippen LogP contribution in [0.3, 0.4) is 0 Å². The van der Waals surface area contributed by atoms with Crippen LogP contribution in [0, 0.1) is 6.92 Å². The van der Waals surface area contributed by atoms with E-state index in [1.165, 1.54) is 5.56 Å². The van der Waals surface area contributed by atoms with Crippen LogP contribution in [0.1, 0.15) is 30.9 Å². The van der Waals surface area contributed by atoms with Crippen molar-refractivity contribution in [1.29, 1.82) is 0 Å². The third kappa shape index (κ3) is 4.25. The summed E-state index contributed by atoms with van der Waals surface area (Å²) in [5, 5.41) is 15.3. The van der Waals surface area contributed by atoms with E-state index in [1.807, 2.05) is 24.3 Å². The Bertz CT molecular complexity index is 862. The molecule has 128 valence electrons. The van der Waals surface area contributed by atoms with Gasteiger partial charge in [0.2, 0.25) is 5.95 Å². The summed E-state index contributed by atoms with van der Waals surface area (Å²) in [4.78, 5) is 4.50. The lowest BCUT2D eigenvalue weighted by atomic mass is 9.98. The number of benzene rings is 2. The van der Waals surface area contributed by atoms with Crippen LogP contribution in [0.15, 0.2) is 48.7 Å². The maximum atomic E-state index is 5.90. The Labute approximate surface area is 152 Å². The van der Waals surface area contributed by atoms with Crippen LogP contribution in [0.4, 0.5) is 23.1 Å². The first-order chi connectivity index (χ1) is 12.0. The highest BCUT2D eigenvalue weighted by Gasteiger charge is 2.10. The normalized spacial score (nSPS) is 10.8. The first-order valence-electron chi connectivity index (χ1n) is 8.12. The second kappa shape index (κ2) is 7.49. The van der Waals surface area contributed by atoms with Crippen LogP contribution in [0.5, 0.6) is 0 Å². The van der Waals surface area contributed by atoms with Crippen LogP contribution < -0.4 is 10.6 Å². The fourth-order valence-corrected chi connectivity index (χ4v) is 2.68. The molecule has 0 radical (unpaired) electrons. The lowest BCUT2D eigenvalue weighted by molar-refractivity contribution is 0.866. The standard InChI is InChI=1S/C19H20ClN5/c1-12(2)16-6-4-5-13(3)18(16)23-17-11-21-25-19(24-17)22-15-9-7-14(20)8-10-15/h4-12H,1-3H3,(H2,22,23,24,25). The van der Waals surface area contributed by atoms with E-state index in [-0.39, 0.29) is 0 Å². The van der Waals surface area contributed by atoms with Gasteiger partial charge in [0.05, 0.1) is 6.20 Å². The van der Waals surface area contributed by atoms with Crippen LogP contribution >= 0.6 is 11.6 Å².